The van der Waals surface area contributed by atoms with Gasteiger partial charge >= 0.3 is 0 Å². The summed E-state index contributed by atoms with van der Waals surface area (Å²) in [7, 11) is 1.53. The second-order valence-electron chi connectivity index (χ2n) is 10.7. The van der Waals surface area contributed by atoms with E-state index in [1.165, 1.54) is 13.2 Å². The molecular weight excluding hydrogens is 524 g/mol. The van der Waals surface area contributed by atoms with E-state index in [1.54, 1.807) is 40.0 Å². The van der Waals surface area contributed by atoms with E-state index in [-0.39, 0.29) is 24.5 Å². The number of amides is 2. The van der Waals surface area contributed by atoms with Gasteiger partial charge in [-0.15, -0.1) is 0 Å². The van der Waals surface area contributed by atoms with Crippen LogP contribution in [0.5, 0.6) is 11.5 Å². The maximum atomic E-state index is 13.6. The van der Waals surface area contributed by atoms with Crippen LogP contribution < -0.4 is 14.8 Å². The number of benzene rings is 1. The number of hydrogen-bond donors (Lipinski definition) is 1. The quantitative estimate of drug-likeness (QED) is 0.461. The molecule has 0 radical (unpaired) electrons. The molecule has 3 aliphatic rings. The van der Waals surface area contributed by atoms with E-state index in [0.717, 1.165) is 25.7 Å². The fourth-order valence-electron chi connectivity index (χ4n) is 5.44. The summed E-state index contributed by atoms with van der Waals surface area (Å²) in [6.45, 7) is 4.91. The Morgan fingerprint density at radius 1 is 1.26 bits per heavy atom. The van der Waals surface area contributed by atoms with Gasteiger partial charge in [0.1, 0.15) is 34.4 Å². The predicted octanol–water partition coefficient (Wildman–Crippen LogP) is 4.39. The van der Waals surface area contributed by atoms with E-state index < -0.39 is 11.8 Å². The molecule has 1 N–H and O–H groups in total. The number of aromatic nitrogens is 2. The van der Waals surface area contributed by atoms with Crippen LogP contribution in [0.15, 0.2) is 42.3 Å². The van der Waals surface area contributed by atoms with Crippen LogP contribution in [0.3, 0.4) is 0 Å². The fourth-order valence-corrected chi connectivity index (χ4v) is 5.69. The molecule has 2 aromatic rings. The lowest BCUT2D eigenvalue weighted by Crippen LogP contribution is -2.46. The van der Waals surface area contributed by atoms with E-state index in [4.69, 9.17) is 30.5 Å². The maximum absolute atomic E-state index is 13.6. The first-order valence-electron chi connectivity index (χ1n) is 13.4. The Hall–Kier alpha value is -3.08. The Bertz CT molecular complexity index is 1240. The Kier molecular flexibility index (Phi) is 8.16. The summed E-state index contributed by atoms with van der Waals surface area (Å²) >= 11 is 6.38. The summed E-state index contributed by atoms with van der Waals surface area (Å²) in [6.07, 6.45) is 8.06. The van der Waals surface area contributed by atoms with Crippen molar-refractivity contribution in [1.29, 1.82) is 0 Å². The molecule has 1 saturated carbocycles. The van der Waals surface area contributed by atoms with Gasteiger partial charge in [-0.25, -0.2) is 0 Å². The Balaban J connectivity index is 1.26. The highest BCUT2D eigenvalue weighted by molar-refractivity contribution is 6.33. The highest BCUT2D eigenvalue weighted by atomic mass is 35.5. The summed E-state index contributed by atoms with van der Waals surface area (Å²) in [6, 6.07) is 6.29. The SMILES string of the molecule is COc1cccc(OC2=CC(=O)N(C(CC3CCCC3)C(=O)Nc3ccn(CC4COC(C)(C)O4)n3)C2)c1Cl. The molecule has 2 fully saturated rings. The normalized spacial score (nSPS) is 21.7. The van der Waals surface area contributed by atoms with E-state index in [0.29, 0.717) is 53.6 Å². The van der Waals surface area contributed by atoms with E-state index in [1.807, 2.05) is 13.8 Å². The van der Waals surface area contributed by atoms with Gasteiger partial charge in [-0.05, 0) is 38.3 Å². The van der Waals surface area contributed by atoms with Crippen LogP contribution in [0.1, 0.15) is 46.0 Å². The standard InChI is InChI=1S/C28H35ClN4O6/c1-28(2)37-17-20(39-28)15-32-12-11-24(31-32)30-27(35)21(13-18-7-4-5-8-18)33-16-19(14-25(33)34)38-23-10-6-9-22(36-3)26(23)29/h6,9-12,14,18,20-21H,4-5,7-8,13,15-17H2,1-3H3,(H,30,31,35). The lowest BCUT2D eigenvalue weighted by Gasteiger charge is -2.29. The van der Waals surface area contributed by atoms with E-state index in [9.17, 15) is 9.59 Å². The summed E-state index contributed by atoms with van der Waals surface area (Å²) in [5.41, 5.74) is 0. The number of nitrogens with one attached hydrogen (secondary N) is 1. The summed E-state index contributed by atoms with van der Waals surface area (Å²) < 4.78 is 24.4. The Morgan fingerprint density at radius 3 is 2.74 bits per heavy atom. The molecule has 2 unspecified atom stereocenters. The van der Waals surface area contributed by atoms with Crippen LogP contribution in [0.4, 0.5) is 5.82 Å². The first-order valence-corrected chi connectivity index (χ1v) is 13.8. The fraction of sp³-hybridized carbons (Fsp3) is 0.536. The number of hydrogen-bond acceptors (Lipinski definition) is 7. The smallest absolute Gasteiger partial charge is 0.251 e. The minimum Gasteiger partial charge on any atom is -0.495 e. The number of ether oxygens (including phenoxy) is 4. The zero-order valence-electron chi connectivity index (χ0n) is 22.5. The second-order valence-corrected chi connectivity index (χ2v) is 11.1. The first kappa shape index (κ1) is 27.5. The number of nitrogens with zero attached hydrogens (tertiary/aromatic N) is 3. The van der Waals surface area contributed by atoms with Crippen LogP contribution in [-0.4, -0.2) is 64.7 Å². The second kappa shape index (κ2) is 11.6. The summed E-state index contributed by atoms with van der Waals surface area (Å²) in [4.78, 5) is 28.2. The van der Waals surface area contributed by atoms with Gasteiger partial charge in [0.15, 0.2) is 11.6 Å². The highest BCUT2D eigenvalue weighted by Crippen LogP contribution is 2.36. The topological polar surface area (TPSA) is 104 Å². The number of carbonyl (C=O) groups is 2. The van der Waals surface area contributed by atoms with Gasteiger partial charge < -0.3 is 29.2 Å². The third kappa shape index (κ3) is 6.57. The van der Waals surface area contributed by atoms with Crippen molar-refractivity contribution in [3.05, 3.63) is 47.3 Å². The van der Waals surface area contributed by atoms with Gasteiger partial charge in [0, 0.05) is 18.3 Å². The van der Waals surface area contributed by atoms with Crippen molar-refractivity contribution >= 4 is 29.2 Å². The number of halogens is 1. The van der Waals surface area contributed by atoms with Crippen LogP contribution in [-0.2, 0) is 25.6 Å². The molecule has 1 saturated heterocycles. The maximum Gasteiger partial charge on any atom is 0.251 e. The molecule has 1 aromatic heterocycles. The number of anilines is 1. The molecule has 10 nitrogen and oxygen atoms in total. The van der Waals surface area contributed by atoms with Gasteiger partial charge in [-0.3, -0.25) is 14.3 Å². The molecule has 2 aliphatic heterocycles. The third-order valence-electron chi connectivity index (χ3n) is 7.34. The molecule has 3 heterocycles. The van der Waals surface area contributed by atoms with Gasteiger partial charge in [-0.1, -0.05) is 43.4 Å². The van der Waals surface area contributed by atoms with Crippen molar-refractivity contribution in [2.45, 2.75) is 70.4 Å². The molecule has 2 atom stereocenters. The van der Waals surface area contributed by atoms with Crippen molar-refractivity contribution in [2.24, 2.45) is 5.92 Å². The average molecular weight is 559 g/mol. The minimum absolute atomic E-state index is 0.122. The molecular formula is C28H35ClN4O6. The van der Waals surface area contributed by atoms with Crippen LogP contribution in [0.25, 0.3) is 0 Å². The molecule has 1 aliphatic carbocycles. The van der Waals surface area contributed by atoms with Crippen LogP contribution in [0.2, 0.25) is 5.02 Å². The molecule has 11 heteroatoms. The molecule has 39 heavy (non-hydrogen) atoms. The molecule has 5 rings (SSSR count). The first-order chi connectivity index (χ1) is 18.7. The third-order valence-corrected chi connectivity index (χ3v) is 7.72. The number of methoxy groups -OCH3 is 1. The van der Waals surface area contributed by atoms with Crippen molar-refractivity contribution in [3.8, 4) is 11.5 Å². The molecule has 210 valence electrons. The van der Waals surface area contributed by atoms with Gasteiger partial charge in [0.2, 0.25) is 5.91 Å². The van der Waals surface area contributed by atoms with Crippen molar-refractivity contribution in [2.75, 3.05) is 25.6 Å². The monoisotopic (exact) mass is 558 g/mol. The summed E-state index contributed by atoms with van der Waals surface area (Å²) in [5.74, 6) is 0.943. The lowest BCUT2D eigenvalue weighted by atomic mass is 9.96. The molecule has 1 aromatic carbocycles. The van der Waals surface area contributed by atoms with E-state index >= 15 is 0 Å². The van der Waals surface area contributed by atoms with Crippen LogP contribution in [0, 0.1) is 5.92 Å². The zero-order valence-corrected chi connectivity index (χ0v) is 23.3. The van der Waals surface area contributed by atoms with Gasteiger partial charge in [0.25, 0.3) is 5.91 Å². The van der Waals surface area contributed by atoms with E-state index in [2.05, 4.69) is 10.4 Å². The minimum atomic E-state index is -0.656. The Labute approximate surface area is 233 Å². The summed E-state index contributed by atoms with van der Waals surface area (Å²) in [5, 5.41) is 7.75. The van der Waals surface area contributed by atoms with Crippen molar-refractivity contribution < 1.29 is 28.5 Å². The van der Waals surface area contributed by atoms with Crippen molar-refractivity contribution in [3.63, 3.8) is 0 Å². The molecule has 0 spiro atoms. The average Bonchev–Trinajstić information content (AvgIpc) is 3.69. The highest BCUT2D eigenvalue weighted by Gasteiger charge is 2.37. The zero-order chi connectivity index (χ0) is 27.6. The Morgan fingerprint density at radius 2 is 2.03 bits per heavy atom. The number of rotatable bonds is 10. The largest absolute Gasteiger partial charge is 0.495 e. The lowest BCUT2D eigenvalue weighted by molar-refractivity contribution is -0.139. The predicted molar refractivity (Wildman–Crippen MR) is 145 cm³/mol. The molecule has 0 bridgehead atoms. The van der Waals surface area contributed by atoms with Gasteiger partial charge in [0.05, 0.1) is 26.8 Å². The molecule has 2 amide bonds. The van der Waals surface area contributed by atoms with Crippen molar-refractivity contribution in [1.82, 2.24) is 14.7 Å². The van der Waals surface area contributed by atoms with Gasteiger partial charge in [-0.2, -0.15) is 5.10 Å². The number of carbonyl (C=O) groups excluding carboxylic acids is 2. The van der Waals surface area contributed by atoms with Crippen LogP contribution >= 0.6 is 11.6 Å².